The third kappa shape index (κ3) is 43.4. The predicted molar refractivity (Wildman–Crippen MR) is 233 cm³/mol. The van der Waals surface area contributed by atoms with Gasteiger partial charge in [-0.05, 0) is 31.1 Å². The third-order valence-corrected chi connectivity index (χ3v) is 11.0. The Kier molecular flexibility index (Phi) is 40.8. The monoisotopic (exact) mass is 779 g/mol. The first kappa shape index (κ1) is 53.4. The lowest BCUT2D eigenvalue weighted by Crippen LogP contribution is -2.30. The quantitative estimate of drug-likeness (QED) is 0.0348. The van der Waals surface area contributed by atoms with E-state index in [4.69, 9.17) is 14.2 Å². The Hall–Kier alpha value is -1.59. The largest absolute Gasteiger partial charge is 0.462 e. The number of carbonyl (C=O) groups excluding carboxylic acids is 3. The number of carbonyl (C=O) groups is 3. The van der Waals surface area contributed by atoms with Crippen molar-refractivity contribution >= 4 is 17.9 Å². The maximum absolute atomic E-state index is 12.7. The number of unbranched alkanes of at least 4 members (excludes halogenated alkanes) is 28. The summed E-state index contributed by atoms with van der Waals surface area (Å²) in [5.74, 6) is 0.713. The molecule has 0 unspecified atom stereocenters. The summed E-state index contributed by atoms with van der Waals surface area (Å²) in [6.07, 6.45) is 41.0. The first-order valence-electron chi connectivity index (χ1n) is 24.2. The molecule has 0 aromatic heterocycles. The molecule has 0 rings (SSSR count). The van der Waals surface area contributed by atoms with Gasteiger partial charge < -0.3 is 14.2 Å². The highest BCUT2D eigenvalue weighted by Crippen LogP contribution is 2.17. The second-order valence-electron chi connectivity index (χ2n) is 17.7. The van der Waals surface area contributed by atoms with Crippen molar-refractivity contribution in [1.29, 1.82) is 0 Å². The van der Waals surface area contributed by atoms with Crippen molar-refractivity contribution in [3.8, 4) is 0 Å². The summed E-state index contributed by atoms with van der Waals surface area (Å²) in [6, 6.07) is 0. The van der Waals surface area contributed by atoms with E-state index < -0.39 is 6.10 Å². The highest BCUT2D eigenvalue weighted by Gasteiger charge is 2.19. The number of esters is 3. The van der Waals surface area contributed by atoms with Gasteiger partial charge in [0.05, 0.1) is 0 Å². The van der Waals surface area contributed by atoms with Gasteiger partial charge in [0.15, 0.2) is 6.10 Å². The minimum absolute atomic E-state index is 0.0655. The van der Waals surface area contributed by atoms with Crippen molar-refractivity contribution in [1.82, 2.24) is 0 Å². The Morgan fingerprint density at radius 3 is 0.891 bits per heavy atom. The normalized spacial score (nSPS) is 12.1. The topological polar surface area (TPSA) is 78.9 Å². The van der Waals surface area contributed by atoms with Crippen LogP contribution in [-0.2, 0) is 28.6 Å². The smallest absolute Gasteiger partial charge is 0.306 e. The number of ether oxygens (including phenoxy) is 3. The van der Waals surface area contributed by atoms with Gasteiger partial charge in [-0.3, -0.25) is 14.4 Å². The lowest BCUT2D eigenvalue weighted by Gasteiger charge is -2.18. The second-order valence-corrected chi connectivity index (χ2v) is 17.7. The Morgan fingerprint density at radius 2 is 0.600 bits per heavy atom. The number of hydrogen-bond acceptors (Lipinski definition) is 6. The molecule has 55 heavy (non-hydrogen) atoms. The van der Waals surface area contributed by atoms with Gasteiger partial charge in [-0.2, -0.15) is 0 Å². The van der Waals surface area contributed by atoms with E-state index in [2.05, 4.69) is 34.6 Å². The van der Waals surface area contributed by atoms with Crippen molar-refractivity contribution in [3.63, 3.8) is 0 Å². The molecular weight excluding hydrogens is 685 g/mol. The van der Waals surface area contributed by atoms with Gasteiger partial charge >= 0.3 is 17.9 Å². The zero-order chi connectivity index (χ0) is 40.5. The summed E-state index contributed by atoms with van der Waals surface area (Å²) in [4.78, 5) is 37.8. The molecule has 0 aromatic carbocycles. The van der Waals surface area contributed by atoms with Crippen LogP contribution >= 0.6 is 0 Å². The molecule has 0 aromatic rings. The van der Waals surface area contributed by atoms with E-state index in [-0.39, 0.29) is 31.1 Å². The Labute approximate surface area is 342 Å². The summed E-state index contributed by atoms with van der Waals surface area (Å²) in [5, 5.41) is 0. The predicted octanol–water partition coefficient (Wildman–Crippen LogP) is 15.4. The Morgan fingerprint density at radius 1 is 0.345 bits per heavy atom. The summed E-state index contributed by atoms with van der Waals surface area (Å²) in [6.45, 7) is 11.3. The van der Waals surface area contributed by atoms with Crippen LogP contribution in [0.25, 0.3) is 0 Å². The molecule has 0 aliphatic heterocycles. The van der Waals surface area contributed by atoms with Crippen LogP contribution in [0.2, 0.25) is 0 Å². The molecule has 326 valence electrons. The molecule has 6 nitrogen and oxygen atoms in total. The van der Waals surface area contributed by atoms with Crippen LogP contribution in [0.5, 0.6) is 0 Å². The van der Waals surface area contributed by atoms with Crippen LogP contribution in [0.4, 0.5) is 0 Å². The molecule has 0 amide bonds. The van der Waals surface area contributed by atoms with Crippen LogP contribution in [-0.4, -0.2) is 37.2 Å². The first-order valence-corrected chi connectivity index (χ1v) is 24.2. The van der Waals surface area contributed by atoms with E-state index in [9.17, 15) is 14.4 Å². The molecule has 1 atom stereocenters. The van der Waals surface area contributed by atoms with Crippen molar-refractivity contribution in [2.24, 2.45) is 11.8 Å². The highest BCUT2D eigenvalue weighted by atomic mass is 16.6. The van der Waals surface area contributed by atoms with Gasteiger partial charge in [0.2, 0.25) is 0 Å². The summed E-state index contributed by atoms with van der Waals surface area (Å²) < 4.78 is 16.7. The van der Waals surface area contributed by atoms with E-state index >= 15 is 0 Å². The molecular formula is C49H94O6. The molecule has 0 N–H and O–H groups in total. The molecule has 0 heterocycles. The summed E-state index contributed by atoms with van der Waals surface area (Å²) in [7, 11) is 0. The van der Waals surface area contributed by atoms with Crippen LogP contribution in [0.3, 0.4) is 0 Å². The lowest BCUT2D eigenvalue weighted by atomic mass is 10.0. The van der Waals surface area contributed by atoms with E-state index in [0.717, 1.165) is 69.6 Å². The van der Waals surface area contributed by atoms with E-state index in [1.165, 1.54) is 154 Å². The third-order valence-electron chi connectivity index (χ3n) is 11.0. The number of hydrogen-bond donors (Lipinski definition) is 0. The molecule has 0 aliphatic carbocycles. The maximum atomic E-state index is 12.7. The number of rotatable bonds is 43. The molecule has 0 bridgehead atoms. The molecule has 0 saturated heterocycles. The average Bonchev–Trinajstić information content (AvgIpc) is 3.15. The molecule has 0 spiro atoms. The van der Waals surface area contributed by atoms with Gasteiger partial charge in [0.25, 0.3) is 0 Å². The molecule has 0 radical (unpaired) electrons. The van der Waals surface area contributed by atoms with E-state index in [1.54, 1.807) is 0 Å². The lowest BCUT2D eigenvalue weighted by molar-refractivity contribution is -0.167. The molecule has 0 saturated carbocycles. The van der Waals surface area contributed by atoms with E-state index in [0.29, 0.717) is 19.3 Å². The average molecular weight is 779 g/mol. The molecule has 0 fully saturated rings. The highest BCUT2D eigenvalue weighted by molar-refractivity contribution is 5.71. The minimum atomic E-state index is -0.761. The summed E-state index contributed by atoms with van der Waals surface area (Å²) >= 11 is 0. The SMILES string of the molecule is CCCCCCCCCCCCCCCCCCC(=O)O[C@H](COC(=O)CCCCCCCCCCCC(C)C)COC(=O)CCCCCCCCC(C)C. The van der Waals surface area contributed by atoms with Crippen LogP contribution in [0.1, 0.15) is 266 Å². The van der Waals surface area contributed by atoms with Crippen molar-refractivity contribution < 1.29 is 28.6 Å². The fourth-order valence-electron chi connectivity index (χ4n) is 7.28. The zero-order valence-electron chi connectivity index (χ0n) is 37.6. The zero-order valence-corrected chi connectivity index (χ0v) is 37.6. The molecule has 6 heteroatoms. The minimum Gasteiger partial charge on any atom is -0.462 e. The first-order chi connectivity index (χ1) is 26.7. The van der Waals surface area contributed by atoms with Crippen LogP contribution in [0, 0.1) is 11.8 Å². The maximum Gasteiger partial charge on any atom is 0.306 e. The summed E-state index contributed by atoms with van der Waals surface area (Å²) in [5.41, 5.74) is 0. The van der Waals surface area contributed by atoms with Crippen LogP contribution < -0.4 is 0 Å². The fraction of sp³-hybridized carbons (Fsp3) is 0.939. The Balaban J connectivity index is 4.29. The van der Waals surface area contributed by atoms with Crippen LogP contribution in [0.15, 0.2) is 0 Å². The Bertz CT molecular complexity index is 839. The van der Waals surface area contributed by atoms with Gasteiger partial charge in [-0.25, -0.2) is 0 Å². The second kappa shape index (κ2) is 42.0. The standard InChI is InChI=1S/C49H94O6/c1-6-7-8-9-10-11-12-13-14-15-16-17-20-24-31-36-41-49(52)55-46(43-54-48(51)40-35-30-26-25-28-33-38-45(4)5)42-53-47(50)39-34-29-23-21-18-19-22-27-32-37-44(2)3/h44-46H,6-43H2,1-5H3/t46-/m1/s1. The van der Waals surface area contributed by atoms with Gasteiger partial charge in [0.1, 0.15) is 13.2 Å². The van der Waals surface area contributed by atoms with Crippen molar-refractivity contribution in [2.75, 3.05) is 13.2 Å². The van der Waals surface area contributed by atoms with Crippen molar-refractivity contribution in [2.45, 2.75) is 272 Å². The molecule has 0 aliphatic rings. The fourth-order valence-corrected chi connectivity index (χ4v) is 7.28. The van der Waals surface area contributed by atoms with Gasteiger partial charge in [-0.1, -0.05) is 227 Å². The van der Waals surface area contributed by atoms with Gasteiger partial charge in [0, 0.05) is 19.3 Å². The van der Waals surface area contributed by atoms with Crippen molar-refractivity contribution in [3.05, 3.63) is 0 Å². The van der Waals surface area contributed by atoms with E-state index in [1.807, 2.05) is 0 Å². The van der Waals surface area contributed by atoms with Gasteiger partial charge in [-0.15, -0.1) is 0 Å².